The van der Waals surface area contributed by atoms with Gasteiger partial charge in [0, 0.05) is 19.6 Å². The maximum atomic E-state index is 13.2. The summed E-state index contributed by atoms with van der Waals surface area (Å²) in [5.41, 5.74) is 1.26. The van der Waals surface area contributed by atoms with Gasteiger partial charge in [-0.3, -0.25) is 9.59 Å². The van der Waals surface area contributed by atoms with Crippen LogP contribution in [0.15, 0.2) is 47.4 Å². The highest BCUT2D eigenvalue weighted by Gasteiger charge is 2.34. The summed E-state index contributed by atoms with van der Waals surface area (Å²) in [5.74, 6) is 0.254. The van der Waals surface area contributed by atoms with Gasteiger partial charge in [0.25, 0.3) is 5.91 Å². The van der Waals surface area contributed by atoms with E-state index in [9.17, 15) is 18.0 Å². The third-order valence-electron chi connectivity index (χ3n) is 5.74. The first kappa shape index (κ1) is 24.0. The maximum absolute atomic E-state index is 13.2. The quantitative estimate of drug-likeness (QED) is 0.620. The second-order valence-corrected chi connectivity index (χ2v) is 10.7. The zero-order valence-corrected chi connectivity index (χ0v) is 20.1. The van der Waals surface area contributed by atoms with E-state index in [1.807, 2.05) is 38.1 Å². The molecule has 2 N–H and O–H groups in total. The Morgan fingerprint density at radius 3 is 2.74 bits per heavy atom. The third kappa shape index (κ3) is 5.51. The molecule has 10 heteroatoms. The summed E-state index contributed by atoms with van der Waals surface area (Å²) in [7, 11) is -3.83. The zero-order chi connectivity index (χ0) is 24.3. The summed E-state index contributed by atoms with van der Waals surface area (Å²) >= 11 is 0. The fourth-order valence-electron chi connectivity index (χ4n) is 4.04. The Balaban J connectivity index is 1.38. The van der Waals surface area contributed by atoms with Crippen molar-refractivity contribution in [2.45, 2.75) is 44.2 Å². The van der Waals surface area contributed by atoms with E-state index >= 15 is 0 Å². The number of fused-ring (bicyclic) bond motifs is 1. The summed E-state index contributed by atoms with van der Waals surface area (Å²) < 4.78 is 38.7. The van der Waals surface area contributed by atoms with Crippen LogP contribution in [0, 0.1) is 5.92 Å². The maximum Gasteiger partial charge on any atom is 0.262 e. The number of anilines is 1. The number of hydrogen-bond donors (Lipinski definition) is 2. The highest BCUT2D eigenvalue weighted by Crippen LogP contribution is 2.32. The summed E-state index contributed by atoms with van der Waals surface area (Å²) in [4.78, 5) is 24.4. The molecule has 2 aromatic carbocycles. The number of carbonyl (C=O) groups excluding carboxylic acids is 2. The highest BCUT2D eigenvalue weighted by molar-refractivity contribution is 7.89. The van der Waals surface area contributed by atoms with Crippen LogP contribution in [0.2, 0.25) is 0 Å². The third-order valence-corrected chi connectivity index (χ3v) is 7.60. The molecular weight excluding hydrogens is 458 g/mol. The lowest BCUT2D eigenvalue weighted by Crippen LogP contribution is -2.45. The van der Waals surface area contributed by atoms with Gasteiger partial charge in [0.1, 0.15) is 11.5 Å². The molecule has 0 aliphatic carbocycles. The minimum Gasteiger partial charge on any atom is -0.491 e. The molecule has 0 aromatic heterocycles. The molecule has 0 spiro atoms. The number of nitrogens with one attached hydrogen (secondary N) is 2. The summed E-state index contributed by atoms with van der Waals surface area (Å²) in [5, 5.41) is 5.55. The second-order valence-electron chi connectivity index (χ2n) is 8.73. The first-order valence-corrected chi connectivity index (χ1v) is 12.8. The molecule has 182 valence electrons. The average molecular weight is 488 g/mol. The normalized spacial score (nSPS) is 18.6. The van der Waals surface area contributed by atoms with Crippen LogP contribution >= 0.6 is 0 Å². The lowest BCUT2D eigenvalue weighted by molar-refractivity contribution is -0.126. The Morgan fingerprint density at radius 2 is 2.00 bits per heavy atom. The number of piperidine rings is 1. The number of sulfonamides is 1. The van der Waals surface area contributed by atoms with Crippen LogP contribution in [0.25, 0.3) is 0 Å². The topological polar surface area (TPSA) is 114 Å². The van der Waals surface area contributed by atoms with Crippen molar-refractivity contribution in [2.24, 2.45) is 5.92 Å². The van der Waals surface area contributed by atoms with Crippen molar-refractivity contribution in [3.63, 3.8) is 0 Å². The van der Waals surface area contributed by atoms with Crippen molar-refractivity contribution < 1.29 is 27.5 Å². The number of amides is 2. The fraction of sp³-hybridized carbons (Fsp3) is 0.417. The molecule has 0 bridgehead atoms. The Morgan fingerprint density at radius 1 is 1.24 bits per heavy atom. The van der Waals surface area contributed by atoms with Gasteiger partial charge >= 0.3 is 0 Å². The van der Waals surface area contributed by atoms with Crippen LogP contribution < -0.4 is 20.1 Å². The minimum atomic E-state index is -3.83. The van der Waals surface area contributed by atoms with Gasteiger partial charge in [0.2, 0.25) is 15.9 Å². The van der Waals surface area contributed by atoms with E-state index in [1.54, 1.807) is 0 Å². The Bertz CT molecular complexity index is 1160. The van der Waals surface area contributed by atoms with Crippen LogP contribution in [0.3, 0.4) is 0 Å². The Hall–Kier alpha value is -3.11. The van der Waals surface area contributed by atoms with E-state index in [0.29, 0.717) is 37.4 Å². The van der Waals surface area contributed by atoms with E-state index in [2.05, 4.69) is 10.6 Å². The van der Waals surface area contributed by atoms with Gasteiger partial charge in [-0.1, -0.05) is 12.1 Å². The predicted molar refractivity (Wildman–Crippen MR) is 126 cm³/mol. The molecule has 2 aliphatic rings. The van der Waals surface area contributed by atoms with E-state index in [4.69, 9.17) is 9.47 Å². The fourth-order valence-corrected chi connectivity index (χ4v) is 5.59. The van der Waals surface area contributed by atoms with E-state index in [0.717, 1.165) is 11.3 Å². The zero-order valence-electron chi connectivity index (χ0n) is 19.2. The Labute approximate surface area is 199 Å². The first-order valence-electron chi connectivity index (χ1n) is 11.3. The molecule has 34 heavy (non-hydrogen) atoms. The molecule has 0 saturated carbocycles. The lowest BCUT2D eigenvalue weighted by Gasteiger charge is -2.31. The minimum absolute atomic E-state index is 0.0572. The van der Waals surface area contributed by atoms with Gasteiger partial charge in [-0.2, -0.15) is 4.31 Å². The molecule has 4 rings (SSSR count). The molecule has 0 radical (unpaired) electrons. The number of ether oxygens (including phenoxy) is 2. The van der Waals surface area contributed by atoms with Gasteiger partial charge in [0.15, 0.2) is 6.61 Å². The highest BCUT2D eigenvalue weighted by atomic mass is 32.2. The molecule has 2 heterocycles. The van der Waals surface area contributed by atoms with Gasteiger partial charge in [-0.05, 0) is 62.6 Å². The van der Waals surface area contributed by atoms with Crippen molar-refractivity contribution in [1.29, 1.82) is 0 Å². The van der Waals surface area contributed by atoms with Crippen molar-refractivity contribution in [1.82, 2.24) is 9.62 Å². The van der Waals surface area contributed by atoms with Crippen molar-refractivity contribution in [2.75, 3.05) is 25.0 Å². The standard InChI is InChI=1S/C24H29N3O6S/c1-16(2)33-19-7-5-17(6-8-19)13-25-24(29)18-4-3-11-27(14-18)34(30,31)20-9-10-22-21(12-20)26-23(28)15-32-22/h5-10,12,16,18H,3-4,11,13-15H2,1-2H3,(H,25,29)(H,26,28)/t18-/m1/s1. The molecule has 9 nitrogen and oxygen atoms in total. The smallest absolute Gasteiger partial charge is 0.262 e. The van der Waals surface area contributed by atoms with Gasteiger partial charge in [0.05, 0.1) is 22.6 Å². The molecule has 2 amide bonds. The number of carbonyl (C=O) groups is 2. The SMILES string of the molecule is CC(C)Oc1ccc(CNC(=O)[C@@H]2CCCN(S(=O)(=O)c3ccc4c(c3)NC(=O)CO4)C2)cc1. The number of nitrogens with zero attached hydrogens (tertiary/aromatic N) is 1. The van der Waals surface area contributed by atoms with Crippen LogP contribution in [0.1, 0.15) is 32.3 Å². The van der Waals surface area contributed by atoms with E-state index in [1.165, 1.54) is 22.5 Å². The molecular formula is C24H29N3O6S. The van der Waals surface area contributed by atoms with Crippen molar-refractivity contribution in [3.05, 3.63) is 48.0 Å². The van der Waals surface area contributed by atoms with E-state index < -0.39 is 15.9 Å². The summed E-state index contributed by atoms with van der Waals surface area (Å²) in [6.45, 7) is 4.62. The van der Waals surface area contributed by atoms with E-state index in [-0.39, 0.29) is 36.0 Å². The lowest BCUT2D eigenvalue weighted by atomic mass is 9.99. The van der Waals surface area contributed by atoms with Crippen molar-refractivity contribution >= 4 is 27.5 Å². The molecule has 2 aromatic rings. The van der Waals surface area contributed by atoms with Crippen LogP contribution in [0.5, 0.6) is 11.5 Å². The largest absolute Gasteiger partial charge is 0.491 e. The number of rotatable bonds is 7. The molecule has 1 saturated heterocycles. The van der Waals surface area contributed by atoms with Crippen molar-refractivity contribution in [3.8, 4) is 11.5 Å². The summed E-state index contributed by atoms with van der Waals surface area (Å²) in [6, 6.07) is 11.9. The average Bonchev–Trinajstić information content (AvgIpc) is 2.82. The van der Waals surface area contributed by atoms with Crippen LogP contribution in [-0.2, 0) is 26.2 Å². The first-order chi connectivity index (χ1) is 16.2. The van der Waals surface area contributed by atoms with Crippen LogP contribution in [0.4, 0.5) is 5.69 Å². The monoisotopic (exact) mass is 487 g/mol. The molecule has 2 aliphatic heterocycles. The number of hydrogen-bond acceptors (Lipinski definition) is 6. The van der Waals surface area contributed by atoms with Gasteiger partial charge in [-0.15, -0.1) is 0 Å². The summed E-state index contributed by atoms with van der Waals surface area (Å²) in [6.07, 6.45) is 1.29. The predicted octanol–water partition coefficient (Wildman–Crippen LogP) is 2.52. The second kappa shape index (κ2) is 10.0. The molecule has 1 atom stereocenters. The van der Waals surface area contributed by atoms with Crippen LogP contribution in [-0.4, -0.2) is 50.3 Å². The van der Waals surface area contributed by atoms with Gasteiger partial charge in [-0.25, -0.2) is 8.42 Å². The van der Waals surface area contributed by atoms with Gasteiger partial charge < -0.3 is 20.1 Å². The Kier molecular flexibility index (Phi) is 7.08. The molecule has 0 unspecified atom stereocenters. The molecule has 1 fully saturated rings. The number of benzene rings is 2.